The predicted molar refractivity (Wildman–Crippen MR) is 97.2 cm³/mol. The topological polar surface area (TPSA) is 30.7 Å². The molecule has 4 heteroatoms. The van der Waals surface area contributed by atoms with E-state index in [0.29, 0.717) is 0 Å². The monoisotopic (exact) mass is 317 g/mol. The lowest BCUT2D eigenvalue weighted by Gasteiger charge is -1.96. The maximum atomic E-state index is 4.67. The van der Waals surface area contributed by atoms with Crippen molar-refractivity contribution in [1.29, 1.82) is 0 Å². The van der Waals surface area contributed by atoms with Crippen molar-refractivity contribution in [2.75, 3.05) is 0 Å². The molecule has 0 bridgehead atoms. The van der Waals surface area contributed by atoms with Crippen LogP contribution >= 0.6 is 11.3 Å². The minimum atomic E-state index is 0.933. The Labute approximate surface area is 138 Å². The standard InChI is InChI=1S/C19H15N3S/c1-22-17-10-6-5-9-15(17)20-18(22)11-12-19-21-16(13-23-19)14-7-3-2-4-8-14/h2-13H,1H3/b12-11+. The number of thiazole rings is 1. The molecule has 2 heterocycles. The van der Waals surface area contributed by atoms with Crippen LogP contribution in [0.4, 0.5) is 0 Å². The minimum Gasteiger partial charge on any atom is -0.328 e. The summed E-state index contributed by atoms with van der Waals surface area (Å²) in [5, 5.41) is 3.07. The zero-order chi connectivity index (χ0) is 15.6. The molecule has 4 rings (SSSR count). The molecule has 3 nitrogen and oxygen atoms in total. The maximum Gasteiger partial charge on any atom is 0.133 e. The number of benzene rings is 2. The fourth-order valence-corrected chi connectivity index (χ4v) is 3.28. The van der Waals surface area contributed by atoms with Gasteiger partial charge in [-0.2, -0.15) is 0 Å². The molecular formula is C19H15N3S. The van der Waals surface area contributed by atoms with Crippen LogP contribution in [0.5, 0.6) is 0 Å². The van der Waals surface area contributed by atoms with Crippen molar-refractivity contribution < 1.29 is 0 Å². The molecule has 0 spiro atoms. The summed E-state index contributed by atoms with van der Waals surface area (Å²) in [4.78, 5) is 9.32. The van der Waals surface area contributed by atoms with E-state index in [1.807, 2.05) is 55.6 Å². The molecule has 112 valence electrons. The molecule has 0 aliphatic heterocycles. The highest BCUT2D eigenvalue weighted by atomic mass is 32.1. The Kier molecular flexibility index (Phi) is 3.52. The third kappa shape index (κ3) is 2.69. The molecule has 2 aromatic carbocycles. The Hall–Kier alpha value is -2.72. The molecule has 0 saturated carbocycles. The fraction of sp³-hybridized carbons (Fsp3) is 0.0526. The van der Waals surface area contributed by atoms with Crippen LogP contribution in [0.2, 0.25) is 0 Å². The molecule has 0 fully saturated rings. The first-order chi connectivity index (χ1) is 11.3. The highest BCUT2D eigenvalue weighted by Gasteiger charge is 2.05. The van der Waals surface area contributed by atoms with Gasteiger partial charge in [0.05, 0.1) is 16.7 Å². The smallest absolute Gasteiger partial charge is 0.133 e. The number of nitrogens with zero attached hydrogens (tertiary/aromatic N) is 3. The van der Waals surface area contributed by atoms with Gasteiger partial charge in [-0.15, -0.1) is 11.3 Å². The highest BCUT2D eigenvalue weighted by molar-refractivity contribution is 7.10. The Morgan fingerprint density at radius 2 is 1.70 bits per heavy atom. The van der Waals surface area contributed by atoms with E-state index in [4.69, 9.17) is 0 Å². The van der Waals surface area contributed by atoms with E-state index in [0.717, 1.165) is 33.1 Å². The summed E-state index contributed by atoms with van der Waals surface area (Å²) in [6.45, 7) is 0. The van der Waals surface area contributed by atoms with E-state index in [-0.39, 0.29) is 0 Å². The summed E-state index contributed by atoms with van der Waals surface area (Å²) in [7, 11) is 2.03. The van der Waals surface area contributed by atoms with Crippen LogP contribution in [0, 0.1) is 0 Å². The molecular weight excluding hydrogens is 302 g/mol. The van der Waals surface area contributed by atoms with Gasteiger partial charge in [0.25, 0.3) is 0 Å². The molecule has 0 amide bonds. The number of aromatic nitrogens is 3. The Bertz CT molecular complexity index is 980. The lowest BCUT2D eigenvalue weighted by Crippen LogP contribution is -1.90. The quantitative estimate of drug-likeness (QED) is 0.540. The first-order valence-corrected chi connectivity index (χ1v) is 8.30. The van der Waals surface area contributed by atoms with E-state index in [9.17, 15) is 0 Å². The number of fused-ring (bicyclic) bond motifs is 1. The van der Waals surface area contributed by atoms with Crippen LogP contribution in [0.3, 0.4) is 0 Å². The molecule has 0 aliphatic carbocycles. The molecule has 0 N–H and O–H groups in total. The van der Waals surface area contributed by atoms with Gasteiger partial charge in [0.1, 0.15) is 10.8 Å². The Morgan fingerprint density at radius 1 is 0.913 bits per heavy atom. The molecule has 0 saturated heterocycles. The van der Waals surface area contributed by atoms with E-state index in [2.05, 4.69) is 38.1 Å². The van der Waals surface area contributed by atoms with Gasteiger partial charge in [-0.25, -0.2) is 9.97 Å². The summed E-state index contributed by atoms with van der Waals surface area (Å²) < 4.78 is 2.09. The van der Waals surface area contributed by atoms with Gasteiger partial charge in [-0.1, -0.05) is 42.5 Å². The van der Waals surface area contributed by atoms with E-state index in [1.54, 1.807) is 11.3 Å². The van der Waals surface area contributed by atoms with Crippen LogP contribution in [0.15, 0.2) is 60.0 Å². The minimum absolute atomic E-state index is 0.933. The molecule has 4 aromatic rings. The van der Waals surface area contributed by atoms with Crippen LogP contribution in [-0.2, 0) is 7.05 Å². The number of aryl methyl sites for hydroxylation is 1. The second-order valence-electron chi connectivity index (χ2n) is 5.29. The third-order valence-corrected chi connectivity index (χ3v) is 4.60. The molecule has 0 aliphatic rings. The summed E-state index contributed by atoms with van der Waals surface area (Å²) >= 11 is 1.64. The summed E-state index contributed by atoms with van der Waals surface area (Å²) in [5.41, 5.74) is 4.31. The van der Waals surface area contributed by atoms with Gasteiger partial charge in [-0.05, 0) is 24.3 Å². The van der Waals surface area contributed by atoms with Crippen molar-refractivity contribution in [2.24, 2.45) is 7.05 Å². The Morgan fingerprint density at radius 3 is 2.52 bits per heavy atom. The fourth-order valence-electron chi connectivity index (χ4n) is 2.56. The van der Waals surface area contributed by atoms with Gasteiger partial charge in [-0.3, -0.25) is 0 Å². The van der Waals surface area contributed by atoms with Gasteiger partial charge in [0, 0.05) is 18.0 Å². The average molecular weight is 317 g/mol. The Balaban J connectivity index is 1.63. The SMILES string of the molecule is Cn1c(/C=C/c2nc(-c3ccccc3)cs2)nc2ccccc21. The molecule has 23 heavy (non-hydrogen) atoms. The van der Waals surface area contributed by atoms with Gasteiger partial charge < -0.3 is 4.57 Å². The molecule has 0 atom stereocenters. The molecule has 2 aromatic heterocycles. The second kappa shape index (κ2) is 5.82. The van der Waals surface area contributed by atoms with E-state index >= 15 is 0 Å². The van der Waals surface area contributed by atoms with Crippen molar-refractivity contribution in [3.8, 4) is 11.3 Å². The number of hydrogen-bond donors (Lipinski definition) is 0. The summed E-state index contributed by atoms with van der Waals surface area (Å²) in [5.74, 6) is 0.933. The van der Waals surface area contributed by atoms with Crippen molar-refractivity contribution >= 4 is 34.5 Å². The van der Waals surface area contributed by atoms with Gasteiger partial charge in [0.15, 0.2) is 0 Å². The number of rotatable bonds is 3. The van der Waals surface area contributed by atoms with Gasteiger partial charge >= 0.3 is 0 Å². The first kappa shape index (κ1) is 13.9. The normalized spacial score (nSPS) is 11.5. The molecule has 0 unspecified atom stereocenters. The zero-order valence-corrected chi connectivity index (χ0v) is 13.5. The van der Waals surface area contributed by atoms with Crippen molar-refractivity contribution in [3.05, 3.63) is 70.8 Å². The van der Waals surface area contributed by atoms with Crippen molar-refractivity contribution in [1.82, 2.24) is 14.5 Å². The maximum absolute atomic E-state index is 4.67. The first-order valence-electron chi connectivity index (χ1n) is 7.42. The van der Waals surface area contributed by atoms with Crippen LogP contribution in [0.1, 0.15) is 10.8 Å². The number of hydrogen-bond acceptors (Lipinski definition) is 3. The van der Waals surface area contributed by atoms with Crippen LogP contribution < -0.4 is 0 Å². The predicted octanol–water partition coefficient (Wildman–Crippen LogP) is 4.87. The molecule has 0 radical (unpaired) electrons. The van der Waals surface area contributed by atoms with Crippen LogP contribution in [0.25, 0.3) is 34.4 Å². The third-order valence-electron chi connectivity index (χ3n) is 3.79. The number of para-hydroxylation sites is 2. The summed E-state index contributed by atoms with van der Waals surface area (Å²) in [6.07, 6.45) is 4.05. The van der Waals surface area contributed by atoms with Crippen LogP contribution in [-0.4, -0.2) is 14.5 Å². The zero-order valence-electron chi connectivity index (χ0n) is 12.7. The summed E-state index contributed by atoms with van der Waals surface area (Å²) in [6, 6.07) is 18.4. The largest absolute Gasteiger partial charge is 0.328 e. The van der Waals surface area contributed by atoms with Crippen molar-refractivity contribution in [3.63, 3.8) is 0 Å². The van der Waals surface area contributed by atoms with Gasteiger partial charge in [0.2, 0.25) is 0 Å². The lowest BCUT2D eigenvalue weighted by atomic mass is 10.2. The van der Waals surface area contributed by atoms with E-state index < -0.39 is 0 Å². The van der Waals surface area contributed by atoms with E-state index in [1.165, 1.54) is 0 Å². The lowest BCUT2D eigenvalue weighted by molar-refractivity contribution is 0.930. The number of imidazole rings is 1. The van der Waals surface area contributed by atoms with Crippen molar-refractivity contribution in [2.45, 2.75) is 0 Å². The second-order valence-corrected chi connectivity index (χ2v) is 6.18. The highest BCUT2D eigenvalue weighted by Crippen LogP contribution is 2.23. The average Bonchev–Trinajstić information content (AvgIpc) is 3.19.